The molecule has 1 heterocycles. The first kappa shape index (κ1) is 17.2. The summed E-state index contributed by atoms with van der Waals surface area (Å²) < 4.78 is 26.8. The number of carboxylic acids is 1. The Labute approximate surface area is 135 Å². The van der Waals surface area contributed by atoms with Gasteiger partial charge in [0, 0.05) is 19.1 Å². The highest BCUT2D eigenvalue weighted by Gasteiger charge is 2.38. The normalized spacial score (nSPS) is 23.6. The van der Waals surface area contributed by atoms with Crippen LogP contribution in [0, 0.1) is 5.92 Å². The van der Waals surface area contributed by atoms with Gasteiger partial charge in [-0.2, -0.15) is 4.31 Å². The second-order valence-electron chi connectivity index (χ2n) is 5.64. The molecular formula is C14H19ClN2O4S. The van der Waals surface area contributed by atoms with E-state index in [0.717, 1.165) is 0 Å². The minimum absolute atomic E-state index is 0.0141. The van der Waals surface area contributed by atoms with Gasteiger partial charge in [0.15, 0.2) is 0 Å². The molecule has 0 aromatic heterocycles. The lowest BCUT2D eigenvalue weighted by Gasteiger charge is -2.38. The number of carboxylic acid groups (broad SMARTS) is 1. The molecule has 1 N–H and O–H groups in total. The molecule has 2 atom stereocenters. The summed E-state index contributed by atoms with van der Waals surface area (Å²) >= 11 is 5.99. The van der Waals surface area contributed by atoms with Gasteiger partial charge < -0.3 is 10.0 Å². The van der Waals surface area contributed by atoms with Crippen LogP contribution in [0.25, 0.3) is 0 Å². The van der Waals surface area contributed by atoms with Gasteiger partial charge in [-0.25, -0.2) is 8.42 Å². The third-order valence-corrected chi connectivity index (χ3v) is 6.26. The molecule has 0 saturated carbocycles. The fourth-order valence-corrected chi connectivity index (χ4v) is 4.59. The predicted molar refractivity (Wildman–Crippen MR) is 83.4 cm³/mol. The second kappa shape index (κ2) is 6.54. The lowest BCUT2D eigenvalue weighted by molar-refractivity contribution is -0.143. The van der Waals surface area contributed by atoms with E-state index in [-0.39, 0.29) is 29.0 Å². The van der Waals surface area contributed by atoms with E-state index in [2.05, 4.69) is 0 Å². The average Bonchev–Trinajstić information content (AvgIpc) is 2.46. The molecule has 122 valence electrons. The number of nitrogens with zero attached hydrogens (tertiary/aromatic N) is 2. The quantitative estimate of drug-likeness (QED) is 0.890. The topological polar surface area (TPSA) is 77.9 Å². The van der Waals surface area contributed by atoms with Crippen LogP contribution < -0.4 is 0 Å². The molecule has 6 nitrogen and oxygen atoms in total. The fraction of sp³-hybridized carbons (Fsp3) is 0.500. The summed E-state index contributed by atoms with van der Waals surface area (Å²) in [6.45, 7) is 0.220. The summed E-state index contributed by atoms with van der Waals surface area (Å²) in [7, 11) is -0.185. The summed E-state index contributed by atoms with van der Waals surface area (Å²) in [6, 6.07) is 6.05. The van der Waals surface area contributed by atoms with E-state index in [0.29, 0.717) is 6.42 Å². The molecule has 0 radical (unpaired) electrons. The highest BCUT2D eigenvalue weighted by Crippen LogP contribution is 2.29. The lowest BCUT2D eigenvalue weighted by atomic mass is 9.95. The summed E-state index contributed by atoms with van der Waals surface area (Å²) in [5.41, 5.74) is 0. The Kier molecular flexibility index (Phi) is 5.11. The first-order valence-electron chi connectivity index (χ1n) is 6.87. The summed E-state index contributed by atoms with van der Waals surface area (Å²) in [6.07, 6.45) is 0.427. The van der Waals surface area contributed by atoms with E-state index in [1.165, 1.54) is 16.4 Å². The van der Waals surface area contributed by atoms with Crippen molar-refractivity contribution >= 4 is 27.6 Å². The summed E-state index contributed by atoms with van der Waals surface area (Å²) in [5.74, 6) is -1.70. The van der Waals surface area contributed by atoms with Gasteiger partial charge in [0.05, 0.1) is 10.9 Å². The molecule has 1 aromatic carbocycles. The largest absolute Gasteiger partial charge is 0.481 e. The molecule has 22 heavy (non-hydrogen) atoms. The minimum atomic E-state index is -3.81. The Morgan fingerprint density at radius 3 is 2.50 bits per heavy atom. The first-order valence-corrected chi connectivity index (χ1v) is 8.69. The van der Waals surface area contributed by atoms with Crippen LogP contribution in [-0.4, -0.2) is 61.9 Å². The highest BCUT2D eigenvalue weighted by molar-refractivity contribution is 7.89. The number of rotatable bonds is 4. The SMILES string of the molecule is CN(C)C1CC(C(=O)O)CN(S(=O)(=O)c2ccccc2Cl)C1. The Morgan fingerprint density at radius 1 is 1.32 bits per heavy atom. The molecule has 0 amide bonds. The predicted octanol–water partition coefficient (Wildman–Crippen LogP) is 1.37. The number of carbonyl (C=O) groups is 1. The monoisotopic (exact) mass is 346 g/mol. The molecule has 0 aliphatic carbocycles. The van der Waals surface area contributed by atoms with Crippen LogP contribution in [-0.2, 0) is 14.8 Å². The maximum absolute atomic E-state index is 12.8. The lowest BCUT2D eigenvalue weighted by Crippen LogP contribution is -2.52. The van der Waals surface area contributed by atoms with E-state index < -0.39 is 21.9 Å². The van der Waals surface area contributed by atoms with E-state index in [9.17, 15) is 18.3 Å². The maximum Gasteiger partial charge on any atom is 0.307 e. The molecule has 1 aliphatic rings. The van der Waals surface area contributed by atoms with Crippen molar-refractivity contribution in [2.75, 3.05) is 27.2 Å². The average molecular weight is 347 g/mol. The Bertz CT molecular complexity index is 663. The van der Waals surface area contributed by atoms with Crippen LogP contribution in [0.15, 0.2) is 29.2 Å². The summed E-state index contributed by atoms with van der Waals surface area (Å²) in [5, 5.41) is 9.42. The Balaban J connectivity index is 2.37. The Hall–Kier alpha value is -1.15. The van der Waals surface area contributed by atoms with Gasteiger partial charge in [-0.15, -0.1) is 0 Å². The molecule has 1 aliphatic heterocycles. The maximum atomic E-state index is 12.8. The van der Waals surface area contributed by atoms with Crippen molar-refractivity contribution in [3.63, 3.8) is 0 Å². The number of aliphatic carboxylic acids is 1. The smallest absolute Gasteiger partial charge is 0.307 e. The molecule has 1 saturated heterocycles. The van der Waals surface area contributed by atoms with Gasteiger partial charge in [0.25, 0.3) is 0 Å². The molecule has 1 aromatic rings. The number of likely N-dealkylation sites (N-methyl/N-ethyl adjacent to an activating group) is 1. The summed E-state index contributed by atoms with van der Waals surface area (Å²) in [4.78, 5) is 13.2. The molecule has 0 spiro atoms. The van der Waals surface area contributed by atoms with Crippen molar-refractivity contribution in [2.45, 2.75) is 17.4 Å². The van der Waals surface area contributed by atoms with Crippen LogP contribution in [0.3, 0.4) is 0 Å². The van der Waals surface area contributed by atoms with Gasteiger partial charge >= 0.3 is 5.97 Å². The number of hydrogen-bond donors (Lipinski definition) is 1. The number of hydrogen-bond acceptors (Lipinski definition) is 4. The van der Waals surface area contributed by atoms with Crippen LogP contribution in [0.2, 0.25) is 5.02 Å². The zero-order valence-electron chi connectivity index (χ0n) is 12.4. The van der Waals surface area contributed by atoms with Crippen molar-refractivity contribution in [3.8, 4) is 0 Å². The van der Waals surface area contributed by atoms with Crippen molar-refractivity contribution in [1.29, 1.82) is 0 Å². The number of piperidine rings is 1. The minimum Gasteiger partial charge on any atom is -0.481 e. The second-order valence-corrected chi connectivity index (χ2v) is 7.95. The van der Waals surface area contributed by atoms with Crippen molar-refractivity contribution in [3.05, 3.63) is 29.3 Å². The van der Waals surface area contributed by atoms with Crippen LogP contribution >= 0.6 is 11.6 Å². The standard InChI is InChI=1S/C14H19ClN2O4S/c1-16(2)11-7-10(14(18)19)8-17(9-11)22(20,21)13-6-4-3-5-12(13)15/h3-6,10-11H,7-9H2,1-2H3,(H,18,19). The number of halogens is 1. The van der Waals surface area contributed by atoms with Crippen LogP contribution in [0.1, 0.15) is 6.42 Å². The molecule has 1 fully saturated rings. The zero-order valence-corrected chi connectivity index (χ0v) is 14.0. The van der Waals surface area contributed by atoms with Crippen LogP contribution in [0.4, 0.5) is 0 Å². The Morgan fingerprint density at radius 2 is 1.95 bits per heavy atom. The van der Waals surface area contributed by atoms with Gasteiger partial charge in [-0.05, 0) is 32.6 Å². The first-order chi connectivity index (χ1) is 10.2. The van der Waals surface area contributed by atoms with Crippen LogP contribution in [0.5, 0.6) is 0 Å². The van der Waals surface area contributed by atoms with Crippen molar-refractivity contribution < 1.29 is 18.3 Å². The van der Waals surface area contributed by atoms with Gasteiger partial charge in [-0.1, -0.05) is 23.7 Å². The third kappa shape index (κ3) is 3.43. The molecular weight excluding hydrogens is 328 g/mol. The van der Waals surface area contributed by atoms with Crippen molar-refractivity contribution in [2.24, 2.45) is 5.92 Å². The van der Waals surface area contributed by atoms with E-state index in [1.54, 1.807) is 12.1 Å². The number of sulfonamides is 1. The van der Waals surface area contributed by atoms with Gasteiger partial charge in [-0.3, -0.25) is 4.79 Å². The zero-order chi connectivity index (χ0) is 16.5. The molecule has 2 unspecified atom stereocenters. The molecule has 0 bridgehead atoms. The fourth-order valence-electron chi connectivity index (χ4n) is 2.58. The van der Waals surface area contributed by atoms with E-state index in [1.807, 2.05) is 19.0 Å². The number of benzene rings is 1. The van der Waals surface area contributed by atoms with Crippen molar-refractivity contribution in [1.82, 2.24) is 9.21 Å². The van der Waals surface area contributed by atoms with E-state index in [4.69, 9.17) is 11.6 Å². The van der Waals surface area contributed by atoms with Gasteiger partial charge in [0.1, 0.15) is 4.90 Å². The molecule has 2 rings (SSSR count). The highest BCUT2D eigenvalue weighted by atomic mass is 35.5. The van der Waals surface area contributed by atoms with E-state index >= 15 is 0 Å². The molecule has 8 heteroatoms. The van der Waals surface area contributed by atoms with Gasteiger partial charge in [0.2, 0.25) is 10.0 Å². The third-order valence-electron chi connectivity index (χ3n) is 3.93.